The van der Waals surface area contributed by atoms with E-state index < -0.39 is 27.7 Å². The molecule has 4 fully saturated rings. The van der Waals surface area contributed by atoms with E-state index in [-0.39, 0.29) is 54.3 Å². The lowest BCUT2D eigenvalue weighted by Crippen LogP contribution is -2.51. The van der Waals surface area contributed by atoms with Gasteiger partial charge in [-0.05, 0) is 37.0 Å². The lowest BCUT2D eigenvalue weighted by Gasteiger charge is -2.39. The molecule has 4 rings (SSSR count). The van der Waals surface area contributed by atoms with Crippen molar-refractivity contribution in [2.45, 2.75) is 70.6 Å². The Hall–Kier alpha value is -1.57. The first-order valence-electron chi connectivity index (χ1n) is 11.6. The molecule has 0 aromatic rings. The van der Waals surface area contributed by atoms with E-state index in [1.54, 1.807) is 0 Å². The summed E-state index contributed by atoms with van der Waals surface area (Å²) in [5.41, 5.74) is -1.05. The first-order valence-corrected chi connectivity index (χ1v) is 13.2. The van der Waals surface area contributed by atoms with Gasteiger partial charge >= 0.3 is 0 Å². The van der Waals surface area contributed by atoms with Crippen LogP contribution in [0.25, 0.3) is 0 Å². The Morgan fingerprint density at radius 1 is 1.28 bits per heavy atom. The van der Waals surface area contributed by atoms with Gasteiger partial charge in [-0.3, -0.25) is 9.59 Å². The third-order valence-corrected chi connectivity index (χ3v) is 10.7. The molecule has 2 saturated heterocycles. The number of nitriles is 1. The highest BCUT2D eigenvalue weighted by molar-refractivity contribution is 7.89. The minimum atomic E-state index is -3.57. The van der Waals surface area contributed by atoms with Crippen LogP contribution in [0.2, 0.25) is 0 Å². The van der Waals surface area contributed by atoms with Gasteiger partial charge in [-0.1, -0.05) is 13.8 Å². The normalized spacial score (nSPS) is 35.4. The quantitative estimate of drug-likeness (QED) is 0.628. The predicted molar refractivity (Wildman–Crippen MR) is 116 cm³/mol. The number of sulfonamides is 1. The number of ketones is 1. The lowest BCUT2D eigenvalue weighted by atomic mass is 9.70. The minimum absolute atomic E-state index is 0.00943. The van der Waals surface area contributed by atoms with Crippen LogP contribution in [-0.4, -0.2) is 79.5 Å². The summed E-state index contributed by atoms with van der Waals surface area (Å²) in [4.78, 5) is 26.4. The molecule has 4 atom stereocenters. The number of carbonyl (C=O) groups excluding carboxylic acids is 2. The fourth-order valence-corrected chi connectivity index (χ4v) is 8.61. The van der Waals surface area contributed by atoms with Crippen LogP contribution < -0.4 is 5.32 Å². The summed E-state index contributed by atoms with van der Waals surface area (Å²) in [6.45, 7) is 4.74. The van der Waals surface area contributed by atoms with Crippen molar-refractivity contribution in [1.82, 2.24) is 14.5 Å². The molecular formula is C22H33FN4O4S. The molecule has 8 nitrogen and oxygen atoms in total. The van der Waals surface area contributed by atoms with Gasteiger partial charge in [0.05, 0.1) is 24.9 Å². The highest BCUT2D eigenvalue weighted by Gasteiger charge is 2.65. The van der Waals surface area contributed by atoms with Crippen molar-refractivity contribution in [2.75, 3.05) is 31.9 Å². The van der Waals surface area contributed by atoms with E-state index in [9.17, 15) is 22.4 Å². The van der Waals surface area contributed by atoms with Gasteiger partial charge in [0.25, 0.3) is 0 Å². The van der Waals surface area contributed by atoms with Gasteiger partial charge in [-0.2, -0.15) is 5.26 Å². The number of alkyl halides is 1. The Bertz CT molecular complexity index is 925. The van der Waals surface area contributed by atoms with Crippen LogP contribution in [0, 0.1) is 28.1 Å². The summed E-state index contributed by atoms with van der Waals surface area (Å²) in [6, 6.07) is 1.24. The summed E-state index contributed by atoms with van der Waals surface area (Å²) in [5, 5.41) is 12.3. The second-order valence-electron chi connectivity index (χ2n) is 10.5. The van der Waals surface area contributed by atoms with Crippen LogP contribution >= 0.6 is 0 Å². The number of amides is 1. The van der Waals surface area contributed by atoms with E-state index in [4.69, 9.17) is 5.26 Å². The fourth-order valence-electron chi connectivity index (χ4n) is 6.36. The van der Waals surface area contributed by atoms with Crippen molar-refractivity contribution >= 4 is 21.7 Å². The van der Waals surface area contributed by atoms with Crippen molar-refractivity contribution in [1.29, 1.82) is 5.26 Å². The maximum absolute atomic E-state index is 13.5. The first-order chi connectivity index (χ1) is 15.0. The van der Waals surface area contributed by atoms with E-state index in [2.05, 4.69) is 5.32 Å². The number of nitrogens with zero attached hydrogens (tertiary/aromatic N) is 3. The zero-order valence-electron chi connectivity index (χ0n) is 18.8. The molecule has 1 N–H and O–H groups in total. The molecule has 2 bridgehead atoms. The average Bonchev–Trinajstić information content (AvgIpc) is 3.30. The molecule has 1 amide bonds. The number of hydrogen-bond donors (Lipinski definition) is 1. The summed E-state index contributed by atoms with van der Waals surface area (Å²) >= 11 is 0. The Morgan fingerprint density at radius 3 is 2.53 bits per heavy atom. The summed E-state index contributed by atoms with van der Waals surface area (Å²) < 4.78 is 41.5. The molecule has 1 unspecified atom stereocenters. The molecule has 0 spiro atoms. The molecule has 0 aromatic heterocycles. The smallest absolute Gasteiger partial charge is 0.237 e. The first kappa shape index (κ1) is 23.6. The molecule has 2 heterocycles. The molecule has 4 aliphatic rings. The molecular weight excluding hydrogens is 435 g/mol. The van der Waals surface area contributed by atoms with Gasteiger partial charge < -0.3 is 10.2 Å². The van der Waals surface area contributed by atoms with Gasteiger partial charge in [0, 0.05) is 37.4 Å². The molecule has 178 valence electrons. The molecule has 2 saturated carbocycles. The summed E-state index contributed by atoms with van der Waals surface area (Å²) in [5.74, 6) is -0.0240. The zero-order chi connectivity index (χ0) is 23.3. The maximum Gasteiger partial charge on any atom is 0.237 e. The number of hydrogen-bond acceptors (Lipinski definition) is 6. The third kappa shape index (κ3) is 3.86. The Balaban J connectivity index is 1.30. The number of Topliss-reactive ketones (excluding diaryl/α,β-unsaturated/α-hetero) is 1. The van der Waals surface area contributed by atoms with Gasteiger partial charge in [0.2, 0.25) is 15.9 Å². The standard InChI is InChI=1S/C22H33FN4O4S/c1-21(2)15-3-6-22(21,19(28)9-15)14-32(30,31)26-7-4-17(5-8-26)25-12-20(29)27-13-16(23)10-18(27)11-24/h15-18,25H,3-10,12-14H2,1-2H3/t15-,16-,18?,22+/m0/s1. The van der Waals surface area contributed by atoms with Gasteiger partial charge in [0.1, 0.15) is 18.0 Å². The minimum Gasteiger partial charge on any atom is -0.323 e. The largest absolute Gasteiger partial charge is 0.323 e. The average molecular weight is 469 g/mol. The molecule has 32 heavy (non-hydrogen) atoms. The topological polar surface area (TPSA) is 111 Å². The van der Waals surface area contributed by atoms with Crippen LogP contribution in [0.1, 0.15) is 52.4 Å². The van der Waals surface area contributed by atoms with Gasteiger partial charge in [-0.15, -0.1) is 0 Å². The van der Waals surface area contributed by atoms with Crippen molar-refractivity contribution in [3.8, 4) is 6.07 Å². The lowest BCUT2D eigenvalue weighted by molar-refractivity contribution is -0.130. The second kappa shape index (κ2) is 8.33. The van der Waals surface area contributed by atoms with E-state index in [1.807, 2.05) is 19.9 Å². The number of halogens is 1. The van der Waals surface area contributed by atoms with E-state index >= 15 is 0 Å². The molecule has 2 aliphatic carbocycles. The third-order valence-electron chi connectivity index (χ3n) is 8.68. The highest BCUT2D eigenvalue weighted by atomic mass is 32.2. The molecule has 0 aromatic carbocycles. The van der Waals surface area contributed by atoms with Crippen LogP contribution in [0.4, 0.5) is 4.39 Å². The second-order valence-corrected chi connectivity index (χ2v) is 12.5. The van der Waals surface area contributed by atoms with E-state index in [1.165, 1.54) is 9.21 Å². The maximum atomic E-state index is 13.5. The fraction of sp³-hybridized carbons (Fsp3) is 0.864. The number of nitrogens with one attached hydrogen (secondary N) is 1. The Morgan fingerprint density at radius 2 is 1.97 bits per heavy atom. The highest BCUT2D eigenvalue weighted by Crippen LogP contribution is 2.64. The van der Waals surface area contributed by atoms with Crippen molar-refractivity contribution in [3.05, 3.63) is 0 Å². The van der Waals surface area contributed by atoms with Gasteiger partial charge in [0.15, 0.2) is 0 Å². The summed E-state index contributed by atoms with van der Waals surface area (Å²) in [6.07, 6.45) is 2.09. The van der Waals surface area contributed by atoms with Crippen molar-refractivity contribution in [2.24, 2.45) is 16.7 Å². The number of likely N-dealkylation sites (tertiary alicyclic amines) is 1. The number of rotatable bonds is 6. The van der Waals surface area contributed by atoms with Crippen LogP contribution in [0.5, 0.6) is 0 Å². The van der Waals surface area contributed by atoms with Crippen LogP contribution in [0.15, 0.2) is 0 Å². The molecule has 0 radical (unpaired) electrons. The number of fused-ring (bicyclic) bond motifs is 2. The SMILES string of the molecule is CC1(C)[C@H]2CC[C@@]1(CS(=O)(=O)N1CCC(NCC(=O)N3C[C@@H](F)CC3C#N)CC1)C(=O)C2. The Kier molecular flexibility index (Phi) is 6.14. The van der Waals surface area contributed by atoms with E-state index in [0.717, 1.165) is 6.42 Å². The number of piperidine rings is 1. The van der Waals surface area contributed by atoms with Gasteiger partial charge in [-0.25, -0.2) is 17.1 Å². The predicted octanol–water partition coefficient (Wildman–Crippen LogP) is 1.23. The van der Waals surface area contributed by atoms with E-state index in [0.29, 0.717) is 38.8 Å². The Labute approximate surface area is 189 Å². The van der Waals surface area contributed by atoms with Crippen molar-refractivity contribution in [3.63, 3.8) is 0 Å². The van der Waals surface area contributed by atoms with Crippen LogP contribution in [-0.2, 0) is 19.6 Å². The monoisotopic (exact) mass is 468 g/mol. The zero-order valence-corrected chi connectivity index (χ0v) is 19.7. The number of carbonyl (C=O) groups is 2. The molecule has 2 aliphatic heterocycles. The summed E-state index contributed by atoms with van der Waals surface area (Å²) in [7, 11) is -3.57. The molecule has 10 heteroatoms. The van der Waals surface area contributed by atoms with Crippen LogP contribution in [0.3, 0.4) is 0 Å². The van der Waals surface area contributed by atoms with Crippen molar-refractivity contribution < 1.29 is 22.4 Å².